The van der Waals surface area contributed by atoms with Crippen LogP contribution in [-0.2, 0) is 9.53 Å². The van der Waals surface area contributed by atoms with Crippen molar-refractivity contribution in [3.8, 4) is 5.75 Å². The Labute approximate surface area is 166 Å². The maximum absolute atomic E-state index is 12.6. The fourth-order valence-corrected chi connectivity index (χ4v) is 3.05. The molecule has 0 spiro atoms. The number of likely N-dealkylation sites (N-methyl/N-ethyl adjacent to an activating group) is 1. The van der Waals surface area contributed by atoms with Crippen molar-refractivity contribution < 1.29 is 24.2 Å². The van der Waals surface area contributed by atoms with Gasteiger partial charge in [0.25, 0.3) is 0 Å². The first-order valence-electron chi connectivity index (χ1n) is 9.70. The lowest BCUT2D eigenvalue weighted by atomic mass is 10.2. The van der Waals surface area contributed by atoms with Crippen LogP contribution in [0, 0.1) is 6.92 Å². The lowest BCUT2D eigenvalue weighted by molar-refractivity contribution is -0.138. The number of aryl methyl sites for hydroxylation is 1. The number of aliphatic carboxylic acids is 1. The average molecular weight is 393 g/mol. The monoisotopic (exact) mass is 393 g/mol. The van der Waals surface area contributed by atoms with Gasteiger partial charge in [0.05, 0.1) is 25.9 Å². The number of benzene rings is 1. The molecule has 0 bridgehead atoms. The van der Waals surface area contributed by atoms with Crippen molar-refractivity contribution in [1.82, 2.24) is 9.80 Å². The van der Waals surface area contributed by atoms with E-state index >= 15 is 0 Å². The third kappa shape index (κ3) is 7.01. The minimum Gasteiger partial charge on any atom is -0.494 e. The van der Waals surface area contributed by atoms with Crippen molar-refractivity contribution in [1.29, 1.82) is 0 Å². The molecule has 1 heterocycles. The highest BCUT2D eigenvalue weighted by atomic mass is 16.5. The molecule has 156 valence electrons. The number of urea groups is 1. The van der Waals surface area contributed by atoms with E-state index in [9.17, 15) is 9.59 Å². The number of amides is 2. The molecular weight excluding hydrogens is 362 g/mol. The van der Waals surface area contributed by atoms with Crippen molar-refractivity contribution in [3.63, 3.8) is 0 Å². The maximum Gasteiger partial charge on any atom is 0.322 e. The van der Waals surface area contributed by atoms with E-state index in [1.807, 2.05) is 25.1 Å². The number of ether oxygens (including phenoxy) is 2. The van der Waals surface area contributed by atoms with E-state index < -0.39 is 5.97 Å². The van der Waals surface area contributed by atoms with Crippen LogP contribution in [0.3, 0.4) is 0 Å². The zero-order chi connectivity index (χ0) is 20.5. The molecule has 0 aromatic heterocycles. The highest BCUT2D eigenvalue weighted by Crippen LogP contribution is 2.22. The van der Waals surface area contributed by atoms with Gasteiger partial charge in [-0.15, -0.1) is 0 Å². The fraction of sp³-hybridized carbons (Fsp3) is 0.600. The van der Waals surface area contributed by atoms with E-state index in [0.717, 1.165) is 29.8 Å². The zero-order valence-corrected chi connectivity index (χ0v) is 16.9. The number of nitrogens with one attached hydrogen (secondary N) is 1. The number of morpholine rings is 1. The predicted molar refractivity (Wildman–Crippen MR) is 107 cm³/mol. The van der Waals surface area contributed by atoms with E-state index in [-0.39, 0.29) is 18.7 Å². The first-order chi connectivity index (χ1) is 13.4. The lowest BCUT2D eigenvalue weighted by Crippen LogP contribution is -2.50. The van der Waals surface area contributed by atoms with E-state index in [4.69, 9.17) is 14.6 Å². The van der Waals surface area contributed by atoms with Gasteiger partial charge in [0.1, 0.15) is 5.75 Å². The smallest absolute Gasteiger partial charge is 0.322 e. The summed E-state index contributed by atoms with van der Waals surface area (Å²) in [5, 5.41) is 11.8. The fourth-order valence-electron chi connectivity index (χ4n) is 3.05. The van der Waals surface area contributed by atoms with Crippen molar-refractivity contribution in [2.45, 2.75) is 32.8 Å². The normalized spacial score (nSPS) is 16.9. The van der Waals surface area contributed by atoms with Gasteiger partial charge in [-0.3, -0.25) is 9.69 Å². The molecule has 1 atom stereocenters. The molecule has 8 nitrogen and oxygen atoms in total. The number of carbonyl (C=O) groups is 2. The number of nitrogens with zero attached hydrogens (tertiary/aromatic N) is 2. The molecule has 2 amide bonds. The Morgan fingerprint density at radius 3 is 2.89 bits per heavy atom. The summed E-state index contributed by atoms with van der Waals surface area (Å²) in [4.78, 5) is 26.8. The van der Waals surface area contributed by atoms with Crippen LogP contribution in [0.25, 0.3) is 0 Å². The molecular formula is C20H31N3O5. The number of rotatable bonds is 9. The summed E-state index contributed by atoms with van der Waals surface area (Å²) in [7, 11) is 1.73. The molecule has 2 N–H and O–H groups in total. The predicted octanol–water partition coefficient (Wildman–Crippen LogP) is 2.42. The number of carbonyl (C=O) groups excluding carboxylic acids is 1. The van der Waals surface area contributed by atoms with Crippen molar-refractivity contribution in [2.24, 2.45) is 0 Å². The Kier molecular flexibility index (Phi) is 8.53. The van der Waals surface area contributed by atoms with Gasteiger partial charge in [-0.2, -0.15) is 0 Å². The minimum atomic E-state index is -0.884. The molecule has 28 heavy (non-hydrogen) atoms. The Balaban J connectivity index is 1.88. The number of unbranched alkanes of at least 4 members (excludes halogenated alkanes) is 1. The van der Waals surface area contributed by atoms with E-state index in [1.54, 1.807) is 16.8 Å². The molecule has 1 aromatic carbocycles. The Morgan fingerprint density at radius 2 is 2.21 bits per heavy atom. The van der Waals surface area contributed by atoms with Crippen LogP contribution in [0.4, 0.5) is 10.5 Å². The largest absolute Gasteiger partial charge is 0.494 e. The molecule has 1 aliphatic rings. The third-order valence-electron chi connectivity index (χ3n) is 4.55. The van der Waals surface area contributed by atoms with Crippen molar-refractivity contribution in [2.75, 3.05) is 51.8 Å². The first kappa shape index (κ1) is 22.0. The van der Waals surface area contributed by atoms with E-state index in [2.05, 4.69) is 12.2 Å². The summed E-state index contributed by atoms with van der Waals surface area (Å²) in [6.07, 6.45) is 1.89. The van der Waals surface area contributed by atoms with Gasteiger partial charge in [0, 0.05) is 25.3 Å². The highest BCUT2D eigenvalue weighted by molar-refractivity contribution is 5.90. The van der Waals surface area contributed by atoms with Crippen LogP contribution in [0.5, 0.6) is 5.75 Å². The molecule has 1 fully saturated rings. The van der Waals surface area contributed by atoms with Gasteiger partial charge in [0.15, 0.2) is 0 Å². The topological polar surface area (TPSA) is 91.3 Å². The summed E-state index contributed by atoms with van der Waals surface area (Å²) in [5.74, 6) is -0.0812. The second-order valence-corrected chi connectivity index (χ2v) is 7.14. The van der Waals surface area contributed by atoms with Crippen molar-refractivity contribution >= 4 is 17.7 Å². The summed E-state index contributed by atoms with van der Waals surface area (Å²) in [6, 6.07) is 5.46. The molecule has 1 aromatic rings. The number of hydrogen-bond acceptors (Lipinski definition) is 5. The second kappa shape index (κ2) is 10.9. The first-order valence-corrected chi connectivity index (χ1v) is 9.70. The molecule has 0 saturated carbocycles. The summed E-state index contributed by atoms with van der Waals surface area (Å²) in [6.45, 7) is 6.50. The van der Waals surface area contributed by atoms with Gasteiger partial charge in [-0.25, -0.2) is 4.79 Å². The van der Waals surface area contributed by atoms with Gasteiger partial charge in [-0.05, 0) is 44.2 Å². The molecule has 0 aliphatic carbocycles. The van der Waals surface area contributed by atoms with Crippen molar-refractivity contribution in [3.05, 3.63) is 23.8 Å². The van der Waals surface area contributed by atoms with Crippen LogP contribution >= 0.6 is 0 Å². The summed E-state index contributed by atoms with van der Waals surface area (Å²) >= 11 is 0. The van der Waals surface area contributed by atoms with E-state index in [0.29, 0.717) is 32.8 Å². The molecule has 1 aliphatic heterocycles. The maximum atomic E-state index is 12.6. The average Bonchev–Trinajstić information content (AvgIpc) is 2.63. The number of carboxylic acid groups (broad SMARTS) is 1. The third-order valence-corrected chi connectivity index (χ3v) is 4.55. The molecule has 8 heteroatoms. The van der Waals surface area contributed by atoms with Crippen LogP contribution in [-0.4, -0.2) is 79.5 Å². The van der Waals surface area contributed by atoms with Crippen LogP contribution in [0.15, 0.2) is 18.2 Å². The number of carboxylic acids is 1. The molecule has 2 rings (SSSR count). The van der Waals surface area contributed by atoms with Crippen LogP contribution in [0.2, 0.25) is 0 Å². The van der Waals surface area contributed by atoms with Gasteiger partial charge < -0.3 is 24.8 Å². The Hall–Kier alpha value is -2.32. The Bertz CT molecular complexity index is 667. The lowest BCUT2D eigenvalue weighted by Gasteiger charge is -2.34. The quantitative estimate of drug-likeness (QED) is 0.626. The Morgan fingerprint density at radius 1 is 1.43 bits per heavy atom. The SMILES string of the molecule is CCCCOc1ccc(NC(=O)N2CCOC(CN(C)CC(=O)O)C2)c(C)c1. The van der Waals surface area contributed by atoms with Gasteiger partial charge in [-0.1, -0.05) is 13.3 Å². The molecule has 1 unspecified atom stereocenters. The van der Waals surface area contributed by atoms with Crippen LogP contribution < -0.4 is 10.1 Å². The zero-order valence-electron chi connectivity index (χ0n) is 16.9. The summed E-state index contributed by atoms with van der Waals surface area (Å²) < 4.78 is 11.4. The molecule has 1 saturated heterocycles. The van der Waals surface area contributed by atoms with E-state index in [1.165, 1.54) is 0 Å². The van der Waals surface area contributed by atoms with Gasteiger partial charge >= 0.3 is 12.0 Å². The molecule has 0 radical (unpaired) electrons. The number of anilines is 1. The van der Waals surface area contributed by atoms with Gasteiger partial charge in [0.2, 0.25) is 0 Å². The standard InChI is InChI=1S/C20H31N3O5/c1-4-5-9-27-16-6-7-18(15(2)11-16)21-20(26)23-8-10-28-17(13-23)12-22(3)14-19(24)25/h6-7,11,17H,4-5,8-10,12-14H2,1-3H3,(H,21,26)(H,24,25). The van der Waals surface area contributed by atoms with Crippen LogP contribution in [0.1, 0.15) is 25.3 Å². The highest BCUT2D eigenvalue weighted by Gasteiger charge is 2.25. The second-order valence-electron chi connectivity index (χ2n) is 7.14. The number of hydrogen-bond donors (Lipinski definition) is 2. The summed E-state index contributed by atoms with van der Waals surface area (Å²) in [5.41, 5.74) is 1.69. The minimum absolute atomic E-state index is 0.0576.